The maximum atomic E-state index is 12.6. The second kappa shape index (κ2) is 23.8. The minimum Gasteiger partial charge on any atom is -0.866 e. The normalized spacial score (nSPS) is 11.1. The summed E-state index contributed by atoms with van der Waals surface area (Å²) in [6, 6.07) is 14.2. The van der Waals surface area contributed by atoms with Gasteiger partial charge in [0.05, 0.1) is 53.8 Å². The van der Waals surface area contributed by atoms with Crippen LogP contribution in [0.4, 0.5) is 34.1 Å². The fraction of sp³-hybridized carbons (Fsp3) is 0.0625. The second-order valence-corrected chi connectivity index (χ2v) is 15.3. The van der Waals surface area contributed by atoms with Gasteiger partial charge in [-0.1, -0.05) is 35.3 Å². The van der Waals surface area contributed by atoms with E-state index < -0.39 is 85.9 Å². The summed E-state index contributed by atoms with van der Waals surface area (Å²) in [6.07, 6.45) is 0. The summed E-state index contributed by atoms with van der Waals surface area (Å²) < 4.78 is 69.3. The molecule has 6 rings (SSSR count). The fourth-order valence-electron chi connectivity index (χ4n) is 4.85. The van der Waals surface area contributed by atoms with Crippen molar-refractivity contribution in [3.8, 4) is 34.6 Å². The molecule has 0 atom stereocenters. The van der Waals surface area contributed by atoms with Crippen LogP contribution in [0.1, 0.15) is 11.4 Å². The van der Waals surface area contributed by atoms with Crippen LogP contribution in [0.2, 0.25) is 10.0 Å². The Kier molecular flexibility index (Phi) is 21.7. The molecule has 0 N–H and O–H groups in total. The third-order valence-corrected chi connectivity index (χ3v) is 9.71. The maximum absolute atomic E-state index is 12.6. The van der Waals surface area contributed by atoms with Gasteiger partial charge >= 0.3 is 106 Å². The van der Waals surface area contributed by atoms with Gasteiger partial charge in [-0.05, 0) is 62.4 Å². The van der Waals surface area contributed by atoms with Crippen LogP contribution in [0, 0.1) is 34.1 Å². The number of nitro benzene ring substituents is 2. The van der Waals surface area contributed by atoms with Crippen LogP contribution < -0.4 is 109 Å². The van der Waals surface area contributed by atoms with Gasteiger partial charge in [-0.2, -0.15) is 20.4 Å². The number of nitrogens with zero attached hydrogens (tertiary/aromatic N) is 10. The van der Waals surface area contributed by atoms with E-state index in [1.165, 1.54) is 26.0 Å². The van der Waals surface area contributed by atoms with E-state index in [2.05, 4.69) is 30.7 Å². The van der Waals surface area contributed by atoms with E-state index in [-0.39, 0.29) is 129 Å². The van der Waals surface area contributed by atoms with Crippen LogP contribution in [0.25, 0.3) is 11.4 Å². The van der Waals surface area contributed by atoms with Crippen LogP contribution in [0.15, 0.2) is 103 Å². The van der Waals surface area contributed by atoms with Gasteiger partial charge < -0.3 is 29.5 Å². The minimum atomic E-state index is -5.12. The molecule has 0 aliphatic rings. The van der Waals surface area contributed by atoms with Crippen molar-refractivity contribution < 1.29 is 162 Å². The summed E-state index contributed by atoms with van der Waals surface area (Å²) in [4.78, 5) is 17.6. The predicted octanol–water partition coefficient (Wildman–Crippen LogP) is -4.57. The molecule has 4 aromatic carbocycles. The number of rotatable bonds is 10. The molecule has 0 fully saturated rings. The van der Waals surface area contributed by atoms with E-state index in [0.29, 0.717) is 45.7 Å². The minimum absolute atomic E-state index is 0. The molecule has 2 heterocycles. The molecule has 0 aliphatic carbocycles. The van der Waals surface area contributed by atoms with E-state index in [1.807, 2.05) is 0 Å². The molecule has 64 heavy (non-hydrogen) atoms. The van der Waals surface area contributed by atoms with Gasteiger partial charge in [-0.25, -0.2) is 26.2 Å². The molecule has 2 aromatic heterocycles. The number of aromatic nitrogens is 4. The molecule has 0 saturated heterocycles. The quantitative estimate of drug-likeness (QED) is 0.0410. The van der Waals surface area contributed by atoms with Crippen LogP contribution in [0.5, 0.6) is 23.3 Å². The van der Waals surface area contributed by atoms with E-state index in [4.69, 9.17) is 23.2 Å². The number of hydrogen-bond donors (Lipinski definition) is 0. The fourth-order valence-corrected chi connectivity index (χ4v) is 6.25. The van der Waals surface area contributed by atoms with Gasteiger partial charge in [0, 0.05) is 45.4 Å². The Morgan fingerprint density at radius 1 is 0.578 bits per heavy atom. The van der Waals surface area contributed by atoms with Crippen molar-refractivity contribution in [3.63, 3.8) is 0 Å². The Morgan fingerprint density at radius 3 is 1.19 bits per heavy atom. The summed E-state index contributed by atoms with van der Waals surface area (Å²) in [6.45, 7) is 2.85. The first-order valence-electron chi connectivity index (χ1n) is 15.8. The van der Waals surface area contributed by atoms with E-state index >= 15 is 0 Å². The summed E-state index contributed by atoms with van der Waals surface area (Å²) in [5.74, 6) is -4.01. The first kappa shape index (κ1) is 58.4. The van der Waals surface area contributed by atoms with Crippen LogP contribution in [-0.2, 0) is 37.6 Å². The zero-order chi connectivity index (χ0) is 44.4. The third kappa shape index (κ3) is 13.7. The van der Waals surface area contributed by atoms with Crippen molar-refractivity contribution in [2.45, 2.75) is 23.6 Å². The smallest absolute Gasteiger partial charge is 0.866 e. The topological polar surface area (TPSA) is 378 Å². The summed E-state index contributed by atoms with van der Waals surface area (Å²) >= 11 is 11.8. The van der Waals surface area contributed by atoms with Crippen molar-refractivity contribution in [1.29, 1.82) is 0 Å². The zero-order valence-corrected chi connectivity index (χ0v) is 43.5. The number of benzene rings is 4. The van der Waals surface area contributed by atoms with Crippen molar-refractivity contribution in [2.24, 2.45) is 20.5 Å². The van der Waals surface area contributed by atoms with E-state index in [0.717, 1.165) is 9.36 Å². The number of aryl methyl sites for hydroxylation is 2. The van der Waals surface area contributed by atoms with Gasteiger partial charge in [-0.15, -0.1) is 10.2 Å². The molecule has 0 spiro atoms. The average Bonchev–Trinajstić information content (AvgIpc) is 3.61. The third-order valence-electron chi connectivity index (χ3n) is 7.61. The second-order valence-electron chi connectivity index (χ2n) is 11.7. The Bertz CT molecular complexity index is 2830. The van der Waals surface area contributed by atoms with E-state index in [1.54, 1.807) is 36.4 Å². The molecule has 315 valence electrons. The molecule has 6 aromatic rings. The monoisotopic (exact) mass is 1020 g/mol. The zero-order valence-electron chi connectivity index (χ0n) is 33.1. The predicted molar refractivity (Wildman–Crippen MR) is 195 cm³/mol. The Labute approximate surface area is 447 Å². The molecule has 0 aliphatic heterocycles. The molecular weight excluding hydrogens is 1000 g/mol. The number of hydrogen-bond acceptors (Lipinski definition) is 20. The van der Waals surface area contributed by atoms with Crippen molar-refractivity contribution in [1.82, 2.24) is 19.6 Å². The molecular formula is C32H18Cl2CrN10Na3O14S2. The van der Waals surface area contributed by atoms with Crippen LogP contribution in [0.3, 0.4) is 0 Å². The molecule has 0 bridgehead atoms. The van der Waals surface area contributed by atoms with Crippen molar-refractivity contribution in [2.75, 3.05) is 0 Å². The standard InChI is InChI=1S/2C16H12ClN5O7S.Cr.3Na/c2*1-8-14(16(24)21(20-8)10-4-2-3-9(17)5-10)19-18-12-6-11(30(27,28)29)7-13(15(12)23)22(25)26;;;;/h2*2-7,23-24H,1H3,(H,27,28,29);;;;/q;;+3;3*+1/p-6. The number of halogens is 2. The summed E-state index contributed by atoms with van der Waals surface area (Å²) in [7, 11) is -10.2. The van der Waals surface area contributed by atoms with Crippen molar-refractivity contribution in [3.05, 3.63) is 114 Å². The largest absolute Gasteiger partial charge is 3.00 e. The Morgan fingerprint density at radius 2 is 0.906 bits per heavy atom. The van der Waals surface area contributed by atoms with Gasteiger partial charge in [0.2, 0.25) is 0 Å². The number of azo groups is 2. The van der Waals surface area contributed by atoms with Crippen LogP contribution >= 0.6 is 23.2 Å². The molecule has 24 nitrogen and oxygen atoms in total. The Hall–Kier alpha value is -3.57. The summed E-state index contributed by atoms with van der Waals surface area (Å²) in [5, 5.41) is 94.3. The molecule has 1 radical (unpaired) electrons. The van der Waals surface area contributed by atoms with Crippen LogP contribution in [-0.4, -0.2) is 55.3 Å². The van der Waals surface area contributed by atoms with Gasteiger partial charge in [0.25, 0.3) is 11.4 Å². The molecule has 32 heteroatoms. The molecule has 0 amide bonds. The first-order chi connectivity index (χ1) is 28.0. The van der Waals surface area contributed by atoms with Gasteiger partial charge in [0.1, 0.15) is 31.6 Å². The molecule has 0 saturated carbocycles. The van der Waals surface area contributed by atoms with Gasteiger partial charge in [-0.3, -0.25) is 20.2 Å². The molecule has 0 unspecified atom stereocenters. The van der Waals surface area contributed by atoms with Gasteiger partial charge in [0.15, 0.2) is 0 Å². The van der Waals surface area contributed by atoms with Crippen molar-refractivity contribution >= 4 is 77.6 Å². The number of nitro groups is 2. The van der Waals surface area contributed by atoms with E-state index in [9.17, 15) is 66.6 Å². The Balaban J connectivity index is 0.000000602. The SMILES string of the molecule is Cc1nn(-c2cccc(Cl)c2)c([O-])c1N=Nc1cc(S(=O)(=O)[O-])cc([N+](=O)[O-])c1[O-].Cc1nn(-c2cccc(Cl)c2)c([O-])c1N=Nc1cc(S(=O)(=O)[O-])cc([N+](=O)[O-])c1[O-].[Cr+3].[Na+].[Na+].[Na+]. The summed E-state index contributed by atoms with van der Waals surface area (Å²) in [5.41, 5.74) is -3.66. The maximum Gasteiger partial charge on any atom is 3.00 e. The average molecular weight is 1020 g/mol. The first-order valence-corrected chi connectivity index (χ1v) is 19.3.